The fourth-order valence-electron chi connectivity index (χ4n) is 2.61. The third-order valence-corrected chi connectivity index (χ3v) is 4.04. The summed E-state index contributed by atoms with van der Waals surface area (Å²) in [6.45, 7) is 3.25. The van der Waals surface area contributed by atoms with Crippen molar-refractivity contribution in [3.05, 3.63) is 53.9 Å². The van der Waals surface area contributed by atoms with Crippen LogP contribution in [0.4, 0.5) is 0 Å². The first kappa shape index (κ1) is 14.7. The maximum absolute atomic E-state index is 12.8. The number of hydrogen-bond acceptors (Lipinski definition) is 2. The minimum Gasteiger partial charge on any atom is -0.494 e. The standard InChI is InChI=1S/C18H22N2O2/c1-3-22-17-10-6-14(7-11-17)18(21)20(15-8-9-15)13-16-5-4-12-19(16)2/h4-7,10-12,15H,3,8-9,13H2,1-2H3. The van der Waals surface area contributed by atoms with E-state index in [4.69, 9.17) is 4.74 Å². The van der Waals surface area contributed by atoms with E-state index in [1.807, 2.05) is 55.4 Å². The van der Waals surface area contributed by atoms with E-state index in [2.05, 4.69) is 10.6 Å². The molecule has 0 unspecified atom stereocenters. The smallest absolute Gasteiger partial charge is 0.254 e. The minimum absolute atomic E-state index is 0.103. The minimum atomic E-state index is 0.103. The van der Waals surface area contributed by atoms with Crippen LogP contribution in [-0.2, 0) is 13.6 Å². The van der Waals surface area contributed by atoms with Gasteiger partial charge < -0.3 is 14.2 Å². The molecule has 116 valence electrons. The number of rotatable bonds is 6. The van der Waals surface area contributed by atoms with Gasteiger partial charge in [-0.3, -0.25) is 4.79 Å². The second-order valence-electron chi connectivity index (χ2n) is 5.73. The van der Waals surface area contributed by atoms with Crippen LogP contribution in [-0.4, -0.2) is 28.0 Å². The second-order valence-corrected chi connectivity index (χ2v) is 5.73. The van der Waals surface area contributed by atoms with E-state index < -0.39 is 0 Å². The number of aryl methyl sites for hydroxylation is 1. The quantitative estimate of drug-likeness (QED) is 0.820. The molecule has 1 fully saturated rings. The van der Waals surface area contributed by atoms with Crippen molar-refractivity contribution < 1.29 is 9.53 Å². The molecule has 0 atom stereocenters. The van der Waals surface area contributed by atoms with Crippen molar-refractivity contribution in [2.75, 3.05) is 6.61 Å². The summed E-state index contributed by atoms with van der Waals surface area (Å²) in [5, 5.41) is 0. The maximum atomic E-state index is 12.8. The first-order valence-electron chi connectivity index (χ1n) is 7.83. The molecule has 0 radical (unpaired) electrons. The predicted octanol–water partition coefficient (Wildman–Crippen LogP) is 3.23. The molecule has 3 rings (SSSR count). The van der Waals surface area contributed by atoms with Crippen LogP contribution in [0.1, 0.15) is 35.8 Å². The van der Waals surface area contributed by atoms with E-state index in [1.165, 1.54) is 0 Å². The predicted molar refractivity (Wildman–Crippen MR) is 85.9 cm³/mol. The molecule has 0 bridgehead atoms. The number of carbonyl (C=O) groups excluding carboxylic acids is 1. The molecule has 1 aliphatic carbocycles. The van der Waals surface area contributed by atoms with Crippen LogP contribution in [0.25, 0.3) is 0 Å². The molecule has 4 heteroatoms. The third-order valence-electron chi connectivity index (χ3n) is 4.04. The summed E-state index contributed by atoms with van der Waals surface area (Å²) < 4.78 is 7.50. The van der Waals surface area contributed by atoms with Crippen LogP contribution in [0.2, 0.25) is 0 Å². The van der Waals surface area contributed by atoms with E-state index in [1.54, 1.807) is 0 Å². The number of benzene rings is 1. The summed E-state index contributed by atoms with van der Waals surface area (Å²) in [7, 11) is 2.02. The summed E-state index contributed by atoms with van der Waals surface area (Å²) in [4.78, 5) is 14.8. The van der Waals surface area contributed by atoms with Crippen LogP contribution >= 0.6 is 0 Å². The van der Waals surface area contributed by atoms with Gasteiger partial charge in [0.05, 0.1) is 13.2 Å². The fourth-order valence-corrected chi connectivity index (χ4v) is 2.61. The molecule has 1 aliphatic rings. The van der Waals surface area contributed by atoms with Gasteiger partial charge in [0, 0.05) is 30.5 Å². The van der Waals surface area contributed by atoms with Crippen LogP contribution in [0.5, 0.6) is 5.75 Å². The lowest BCUT2D eigenvalue weighted by atomic mass is 10.2. The Balaban J connectivity index is 1.76. The van der Waals surface area contributed by atoms with Gasteiger partial charge in [-0.25, -0.2) is 0 Å². The van der Waals surface area contributed by atoms with Gasteiger partial charge in [-0.15, -0.1) is 0 Å². The number of ether oxygens (including phenoxy) is 1. The summed E-state index contributed by atoms with van der Waals surface area (Å²) in [6.07, 6.45) is 4.22. The normalized spacial score (nSPS) is 13.9. The van der Waals surface area contributed by atoms with Gasteiger partial charge in [0.2, 0.25) is 0 Å². The van der Waals surface area contributed by atoms with Crippen molar-refractivity contribution in [3.8, 4) is 5.75 Å². The Bertz CT molecular complexity index is 641. The first-order chi connectivity index (χ1) is 10.7. The van der Waals surface area contributed by atoms with Crippen LogP contribution < -0.4 is 4.74 Å². The molecule has 1 amide bonds. The molecule has 1 saturated carbocycles. The molecule has 0 N–H and O–H groups in total. The van der Waals surface area contributed by atoms with Crippen LogP contribution in [0, 0.1) is 0 Å². The Labute approximate surface area is 131 Å². The summed E-state index contributed by atoms with van der Waals surface area (Å²) in [5.41, 5.74) is 1.88. The van der Waals surface area contributed by atoms with Gasteiger partial charge in [0.15, 0.2) is 0 Å². The summed E-state index contributed by atoms with van der Waals surface area (Å²) >= 11 is 0. The Morgan fingerprint density at radius 1 is 1.27 bits per heavy atom. The van der Waals surface area contributed by atoms with E-state index in [0.717, 1.165) is 29.8 Å². The van der Waals surface area contributed by atoms with Gasteiger partial charge in [-0.2, -0.15) is 0 Å². The van der Waals surface area contributed by atoms with Gasteiger partial charge in [0.1, 0.15) is 5.75 Å². The Kier molecular flexibility index (Phi) is 4.18. The topological polar surface area (TPSA) is 34.5 Å². The molecular formula is C18H22N2O2. The lowest BCUT2D eigenvalue weighted by molar-refractivity contribution is 0.0726. The monoisotopic (exact) mass is 298 g/mol. The molecule has 2 aromatic rings. The zero-order valence-electron chi connectivity index (χ0n) is 13.2. The summed E-state index contributed by atoms with van der Waals surface area (Å²) in [6, 6.07) is 11.9. The highest BCUT2D eigenvalue weighted by atomic mass is 16.5. The number of aromatic nitrogens is 1. The van der Waals surface area contributed by atoms with E-state index in [0.29, 0.717) is 19.2 Å². The third kappa shape index (κ3) is 3.16. The Morgan fingerprint density at radius 3 is 2.55 bits per heavy atom. The average molecular weight is 298 g/mol. The molecule has 1 aromatic carbocycles. The van der Waals surface area contributed by atoms with Gasteiger partial charge in [-0.1, -0.05) is 0 Å². The van der Waals surface area contributed by atoms with Crippen molar-refractivity contribution >= 4 is 5.91 Å². The zero-order chi connectivity index (χ0) is 15.5. The molecule has 0 aliphatic heterocycles. The first-order valence-corrected chi connectivity index (χ1v) is 7.83. The molecule has 22 heavy (non-hydrogen) atoms. The van der Waals surface area contributed by atoms with Crippen LogP contribution in [0.15, 0.2) is 42.6 Å². The highest BCUT2D eigenvalue weighted by Crippen LogP contribution is 2.30. The largest absolute Gasteiger partial charge is 0.494 e. The van der Waals surface area contributed by atoms with Crippen molar-refractivity contribution in [3.63, 3.8) is 0 Å². The second kappa shape index (κ2) is 6.26. The van der Waals surface area contributed by atoms with Crippen molar-refractivity contribution in [2.45, 2.75) is 32.4 Å². The van der Waals surface area contributed by atoms with E-state index in [9.17, 15) is 4.79 Å². The van der Waals surface area contributed by atoms with Gasteiger partial charge in [0.25, 0.3) is 5.91 Å². The Hall–Kier alpha value is -2.23. The molecule has 4 nitrogen and oxygen atoms in total. The van der Waals surface area contributed by atoms with Crippen molar-refractivity contribution in [1.29, 1.82) is 0 Å². The number of nitrogens with zero attached hydrogens (tertiary/aromatic N) is 2. The fraction of sp³-hybridized carbons (Fsp3) is 0.389. The lowest BCUT2D eigenvalue weighted by Gasteiger charge is -2.23. The van der Waals surface area contributed by atoms with Crippen molar-refractivity contribution in [1.82, 2.24) is 9.47 Å². The molecular weight excluding hydrogens is 276 g/mol. The summed E-state index contributed by atoms with van der Waals surface area (Å²) in [5.74, 6) is 0.909. The lowest BCUT2D eigenvalue weighted by Crippen LogP contribution is -2.33. The Morgan fingerprint density at radius 2 is 2.00 bits per heavy atom. The molecule has 0 spiro atoms. The van der Waals surface area contributed by atoms with Crippen molar-refractivity contribution in [2.24, 2.45) is 7.05 Å². The van der Waals surface area contributed by atoms with E-state index in [-0.39, 0.29) is 5.91 Å². The number of amides is 1. The zero-order valence-corrected chi connectivity index (χ0v) is 13.2. The average Bonchev–Trinajstić information content (AvgIpc) is 3.29. The number of carbonyl (C=O) groups is 1. The number of hydrogen-bond donors (Lipinski definition) is 0. The van der Waals surface area contributed by atoms with E-state index >= 15 is 0 Å². The highest BCUT2D eigenvalue weighted by molar-refractivity contribution is 5.94. The highest BCUT2D eigenvalue weighted by Gasteiger charge is 2.33. The van der Waals surface area contributed by atoms with Gasteiger partial charge in [-0.05, 0) is 56.2 Å². The molecule has 1 aromatic heterocycles. The maximum Gasteiger partial charge on any atom is 0.254 e. The molecule has 1 heterocycles. The van der Waals surface area contributed by atoms with Gasteiger partial charge >= 0.3 is 0 Å². The molecule has 0 saturated heterocycles. The SMILES string of the molecule is CCOc1ccc(C(=O)N(Cc2cccn2C)C2CC2)cc1. The van der Waals surface area contributed by atoms with Crippen LogP contribution in [0.3, 0.4) is 0 Å².